The summed E-state index contributed by atoms with van der Waals surface area (Å²) in [7, 11) is 0. The molecule has 0 aliphatic carbocycles. The van der Waals surface area contributed by atoms with E-state index in [1.807, 2.05) is 0 Å². The van der Waals surface area contributed by atoms with Crippen molar-refractivity contribution in [2.45, 2.75) is 39.6 Å². The van der Waals surface area contributed by atoms with Gasteiger partial charge in [0.25, 0.3) is 0 Å². The molecule has 0 aliphatic rings. The van der Waals surface area contributed by atoms with E-state index < -0.39 is 6.36 Å². The van der Waals surface area contributed by atoms with Gasteiger partial charge in [0, 0.05) is 12.1 Å². The Hall–Kier alpha value is -1.23. The summed E-state index contributed by atoms with van der Waals surface area (Å²) in [6, 6.07) is 6.21. The van der Waals surface area contributed by atoms with Gasteiger partial charge in [-0.1, -0.05) is 44.9 Å². The van der Waals surface area contributed by atoms with Crippen LogP contribution in [0.4, 0.5) is 13.2 Å². The highest BCUT2D eigenvalue weighted by atomic mass is 19.4. The highest BCUT2D eigenvalue weighted by Gasteiger charge is 2.31. The molecule has 0 fully saturated rings. The van der Waals surface area contributed by atoms with Crippen molar-refractivity contribution in [3.8, 4) is 5.75 Å². The molecule has 0 unspecified atom stereocenters. The molecule has 0 aromatic heterocycles. The third-order valence-electron chi connectivity index (χ3n) is 3.10. The Morgan fingerprint density at radius 1 is 1.16 bits per heavy atom. The maximum absolute atomic E-state index is 12.2. The molecular weight excluding hydrogens is 255 g/mol. The van der Waals surface area contributed by atoms with E-state index in [-0.39, 0.29) is 5.75 Å². The number of para-hydroxylation sites is 1. The second kappa shape index (κ2) is 7.38. The zero-order valence-electron chi connectivity index (χ0n) is 11.3. The Balaban J connectivity index is 2.58. The predicted molar refractivity (Wildman–Crippen MR) is 68.9 cm³/mol. The lowest BCUT2D eigenvalue weighted by Gasteiger charge is -2.16. The zero-order valence-corrected chi connectivity index (χ0v) is 11.3. The molecule has 1 rings (SSSR count). The van der Waals surface area contributed by atoms with Gasteiger partial charge in [-0.25, -0.2) is 0 Å². The van der Waals surface area contributed by atoms with Crippen LogP contribution in [0.25, 0.3) is 0 Å². The zero-order chi connectivity index (χ0) is 14.3. The van der Waals surface area contributed by atoms with Gasteiger partial charge in [0.1, 0.15) is 5.75 Å². The average molecular weight is 275 g/mol. The molecule has 0 heterocycles. The molecule has 0 radical (unpaired) electrons. The normalized spacial score (nSPS) is 11.9. The first kappa shape index (κ1) is 15.8. The van der Waals surface area contributed by atoms with Crippen LogP contribution in [-0.2, 0) is 6.54 Å². The summed E-state index contributed by atoms with van der Waals surface area (Å²) in [5, 5.41) is 3.18. The molecule has 0 spiro atoms. The Labute approximate surface area is 112 Å². The fourth-order valence-corrected chi connectivity index (χ4v) is 1.86. The molecule has 0 atom stereocenters. The Morgan fingerprint density at radius 2 is 1.79 bits per heavy atom. The highest BCUT2D eigenvalue weighted by molar-refractivity contribution is 5.33. The van der Waals surface area contributed by atoms with Gasteiger partial charge in [-0.3, -0.25) is 0 Å². The molecule has 0 saturated carbocycles. The first-order valence-corrected chi connectivity index (χ1v) is 6.50. The summed E-state index contributed by atoms with van der Waals surface area (Å²) >= 11 is 0. The number of ether oxygens (including phenoxy) is 1. The van der Waals surface area contributed by atoms with Crippen LogP contribution in [0.15, 0.2) is 24.3 Å². The molecular formula is C14H20F3NO. The van der Waals surface area contributed by atoms with Crippen LogP contribution >= 0.6 is 0 Å². The first-order valence-electron chi connectivity index (χ1n) is 6.50. The Bertz CT molecular complexity index is 375. The van der Waals surface area contributed by atoms with Crippen LogP contribution in [0.5, 0.6) is 5.75 Å². The fraction of sp³-hybridized carbons (Fsp3) is 0.571. The lowest BCUT2D eigenvalue weighted by atomic mass is 10.0. The minimum absolute atomic E-state index is 0.132. The molecule has 0 aliphatic heterocycles. The smallest absolute Gasteiger partial charge is 0.405 e. The van der Waals surface area contributed by atoms with Crippen LogP contribution in [0.1, 0.15) is 32.3 Å². The van der Waals surface area contributed by atoms with E-state index in [1.165, 1.54) is 12.1 Å². The fourth-order valence-electron chi connectivity index (χ4n) is 1.86. The van der Waals surface area contributed by atoms with Gasteiger partial charge < -0.3 is 10.1 Å². The molecule has 5 heteroatoms. The molecule has 2 nitrogen and oxygen atoms in total. The summed E-state index contributed by atoms with van der Waals surface area (Å²) in [4.78, 5) is 0. The van der Waals surface area contributed by atoms with E-state index in [2.05, 4.69) is 23.9 Å². The van der Waals surface area contributed by atoms with Crippen molar-refractivity contribution in [2.75, 3.05) is 6.54 Å². The molecule has 0 saturated heterocycles. The largest absolute Gasteiger partial charge is 0.573 e. The standard InChI is InChI=1S/C14H20F3NO/c1-3-11(4-2)9-18-10-12-7-5-6-8-13(12)19-14(15,16)17/h5-8,11,18H,3-4,9-10H2,1-2H3. The van der Waals surface area contributed by atoms with Gasteiger partial charge in [0.05, 0.1) is 0 Å². The van der Waals surface area contributed by atoms with E-state index in [0.717, 1.165) is 19.4 Å². The van der Waals surface area contributed by atoms with Gasteiger partial charge in [-0.15, -0.1) is 13.2 Å². The minimum Gasteiger partial charge on any atom is -0.405 e. The van der Waals surface area contributed by atoms with Crippen molar-refractivity contribution >= 4 is 0 Å². The van der Waals surface area contributed by atoms with Crippen LogP contribution in [0, 0.1) is 5.92 Å². The SMILES string of the molecule is CCC(CC)CNCc1ccccc1OC(F)(F)F. The van der Waals surface area contributed by atoms with E-state index in [4.69, 9.17) is 0 Å². The molecule has 0 bridgehead atoms. The van der Waals surface area contributed by atoms with Crippen LogP contribution in [-0.4, -0.2) is 12.9 Å². The number of hydrogen-bond donors (Lipinski definition) is 1. The molecule has 108 valence electrons. The predicted octanol–water partition coefficient (Wildman–Crippen LogP) is 4.11. The van der Waals surface area contributed by atoms with E-state index in [9.17, 15) is 13.2 Å². The summed E-state index contributed by atoms with van der Waals surface area (Å²) in [6.45, 7) is 5.39. The van der Waals surface area contributed by atoms with E-state index in [1.54, 1.807) is 12.1 Å². The molecule has 1 aromatic carbocycles. The van der Waals surface area contributed by atoms with Gasteiger partial charge >= 0.3 is 6.36 Å². The molecule has 1 aromatic rings. The van der Waals surface area contributed by atoms with Crippen LogP contribution in [0.2, 0.25) is 0 Å². The lowest BCUT2D eigenvalue weighted by molar-refractivity contribution is -0.274. The third kappa shape index (κ3) is 5.96. The summed E-state index contributed by atoms with van der Waals surface area (Å²) in [5.74, 6) is 0.419. The first-order chi connectivity index (χ1) is 8.96. The van der Waals surface area contributed by atoms with Gasteiger partial charge in [-0.05, 0) is 18.5 Å². The molecule has 0 amide bonds. The van der Waals surface area contributed by atoms with Crippen LogP contribution < -0.4 is 10.1 Å². The number of nitrogens with one attached hydrogen (secondary N) is 1. The van der Waals surface area contributed by atoms with E-state index >= 15 is 0 Å². The number of benzene rings is 1. The number of rotatable bonds is 7. The van der Waals surface area contributed by atoms with E-state index in [0.29, 0.717) is 18.0 Å². The van der Waals surface area contributed by atoms with Crippen molar-refractivity contribution in [2.24, 2.45) is 5.92 Å². The summed E-state index contributed by atoms with van der Waals surface area (Å²) < 4.78 is 40.7. The second-order valence-corrected chi connectivity index (χ2v) is 4.47. The molecule has 19 heavy (non-hydrogen) atoms. The third-order valence-corrected chi connectivity index (χ3v) is 3.10. The number of hydrogen-bond acceptors (Lipinski definition) is 2. The Kier molecular flexibility index (Phi) is 6.15. The van der Waals surface area contributed by atoms with Gasteiger partial charge in [0.2, 0.25) is 0 Å². The minimum atomic E-state index is -4.65. The number of halogens is 3. The van der Waals surface area contributed by atoms with Crippen molar-refractivity contribution < 1.29 is 17.9 Å². The second-order valence-electron chi connectivity index (χ2n) is 4.47. The maximum Gasteiger partial charge on any atom is 0.573 e. The highest BCUT2D eigenvalue weighted by Crippen LogP contribution is 2.26. The average Bonchev–Trinajstić information content (AvgIpc) is 2.35. The Morgan fingerprint density at radius 3 is 2.37 bits per heavy atom. The quantitative estimate of drug-likeness (QED) is 0.808. The molecule has 1 N–H and O–H groups in total. The topological polar surface area (TPSA) is 21.3 Å². The van der Waals surface area contributed by atoms with Gasteiger partial charge in [-0.2, -0.15) is 0 Å². The lowest BCUT2D eigenvalue weighted by Crippen LogP contribution is -2.23. The maximum atomic E-state index is 12.2. The summed E-state index contributed by atoms with van der Waals surface area (Å²) in [6.07, 6.45) is -2.53. The number of alkyl halides is 3. The van der Waals surface area contributed by atoms with Crippen molar-refractivity contribution in [3.05, 3.63) is 29.8 Å². The summed E-state index contributed by atoms with van der Waals surface area (Å²) in [5.41, 5.74) is 0.519. The van der Waals surface area contributed by atoms with Crippen molar-refractivity contribution in [1.29, 1.82) is 0 Å². The van der Waals surface area contributed by atoms with Crippen LogP contribution in [0.3, 0.4) is 0 Å². The van der Waals surface area contributed by atoms with Crippen molar-refractivity contribution in [1.82, 2.24) is 5.32 Å². The van der Waals surface area contributed by atoms with Crippen molar-refractivity contribution in [3.63, 3.8) is 0 Å². The van der Waals surface area contributed by atoms with Gasteiger partial charge in [0.15, 0.2) is 0 Å². The monoisotopic (exact) mass is 275 g/mol.